The maximum atomic E-state index is 5.99. The summed E-state index contributed by atoms with van der Waals surface area (Å²) in [7, 11) is 1.91. The zero-order valence-corrected chi connectivity index (χ0v) is 11.3. The Morgan fingerprint density at radius 1 is 1.39 bits per heavy atom. The molecule has 0 spiro atoms. The largest absolute Gasteiger partial charge is 0.323 e. The van der Waals surface area contributed by atoms with Gasteiger partial charge in [0.2, 0.25) is 0 Å². The Morgan fingerprint density at radius 2 is 2.28 bits per heavy atom. The first kappa shape index (κ1) is 11.5. The fourth-order valence-corrected chi connectivity index (χ4v) is 2.67. The SMILES string of the molecule is Cn1c(Cl)cnc1Cn1ccnc1-c1cccs1. The van der Waals surface area contributed by atoms with E-state index in [4.69, 9.17) is 11.6 Å². The zero-order valence-electron chi connectivity index (χ0n) is 9.75. The molecule has 92 valence electrons. The molecule has 6 heteroatoms. The first-order chi connectivity index (χ1) is 8.75. The Kier molecular flexibility index (Phi) is 2.93. The molecule has 3 aromatic rings. The molecule has 0 aliphatic heterocycles. The van der Waals surface area contributed by atoms with Crippen LogP contribution in [0.2, 0.25) is 5.15 Å². The van der Waals surface area contributed by atoms with Crippen molar-refractivity contribution in [2.45, 2.75) is 6.54 Å². The lowest BCUT2D eigenvalue weighted by molar-refractivity contribution is 0.705. The molecular formula is C12H11ClN4S. The smallest absolute Gasteiger partial charge is 0.150 e. The van der Waals surface area contributed by atoms with E-state index in [0.717, 1.165) is 16.5 Å². The van der Waals surface area contributed by atoms with E-state index < -0.39 is 0 Å². The molecule has 3 heterocycles. The molecule has 4 nitrogen and oxygen atoms in total. The highest BCUT2D eigenvalue weighted by Crippen LogP contribution is 2.23. The first-order valence-electron chi connectivity index (χ1n) is 5.47. The van der Waals surface area contributed by atoms with Gasteiger partial charge in [-0.3, -0.25) is 0 Å². The predicted octanol–water partition coefficient (Wildman–Crippen LogP) is 3.05. The number of nitrogens with zero attached hydrogens (tertiary/aromatic N) is 4. The molecule has 0 fully saturated rings. The second-order valence-electron chi connectivity index (χ2n) is 3.91. The minimum Gasteiger partial charge on any atom is -0.323 e. The lowest BCUT2D eigenvalue weighted by atomic mass is 10.4. The highest BCUT2D eigenvalue weighted by Gasteiger charge is 2.10. The highest BCUT2D eigenvalue weighted by atomic mass is 35.5. The second kappa shape index (κ2) is 4.59. The van der Waals surface area contributed by atoms with E-state index in [9.17, 15) is 0 Å². The molecule has 0 atom stereocenters. The number of rotatable bonds is 3. The molecule has 18 heavy (non-hydrogen) atoms. The summed E-state index contributed by atoms with van der Waals surface area (Å²) in [6.07, 6.45) is 5.43. The standard InChI is InChI=1S/C12H11ClN4S/c1-16-10(13)7-15-11(16)8-17-5-4-14-12(17)9-3-2-6-18-9/h2-7H,8H2,1H3. The van der Waals surface area contributed by atoms with Crippen molar-refractivity contribution in [1.29, 1.82) is 0 Å². The average Bonchev–Trinajstić information content (AvgIpc) is 3.06. The monoisotopic (exact) mass is 278 g/mol. The van der Waals surface area contributed by atoms with E-state index in [2.05, 4.69) is 20.6 Å². The average molecular weight is 279 g/mol. The van der Waals surface area contributed by atoms with Gasteiger partial charge in [0.15, 0.2) is 0 Å². The molecule has 3 rings (SSSR count). The van der Waals surface area contributed by atoms with Crippen LogP contribution < -0.4 is 0 Å². The van der Waals surface area contributed by atoms with Crippen molar-refractivity contribution in [3.63, 3.8) is 0 Å². The molecule has 0 aliphatic carbocycles. The summed E-state index contributed by atoms with van der Waals surface area (Å²) in [6, 6.07) is 4.09. The van der Waals surface area contributed by atoms with Gasteiger partial charge in [0.1, 0.15) is 16.8 Å². The van der Waals surface area contributed by atoms with Crippen LogP contribution in [0.15, 0.2) is 36.1 Å². The molecule has 0 saturated carbocycles. The molecular weight excluding hydrogens is 268 g/mol. The van der Waals surface area contributed by atoms with Gasteiger partial charge in [0.05, 0.1) is 17.6 Å². The Hall–Kier alpha value is -1.59. The normalized spacial score (nSPS) is 11.0. The lowest BCUT2D eigenvalue weighted by Gasteiger charge is -2.06. The van der Waals surface area contributed by atoms with Gasteiger partial charge in [0.25, 0.3) is 0 Å². The Labute approximate surface area is 113 Å². The number of thiophene rings is 1. The molecule has 0 N–H and O–H groups in total. The highest BCUT2D eigenvalue weighted by molar-refractivity contribution is 7.13. The quantitative estimate of drug-likeness (QED) is 0.738. The van der Waals surface area contributed by atoms with Gasteiger partial charge < -0.3 is 9.13 Å². The summed E-state index contributed by atoms with van der Waals surface area (Å²) in [4.78, 5) is 9.85. The molecule has 0 unspecified atom stereocenters. The fourth-order valence-electron chi connectivity index (χ4n) is 1.79. The van der Waals surface area contributed by atoms with Crippen molar-refractivity contribution in [2.75, 3.05) is 0 Å². The van der Waals surface area contributed by atoms with Gasteiger partial charge in [-0.2, -0.15) is 0 Å². The Balaban J connectivity index is 1.95. The molecule has 0 radical (unpaired) electrons. The predicted molar refractivity (Wildman–Crippen MR) is 72.9 cm³/mol. The Bertz CT molecular complexity index is 653. The van der Waals surface area contributed by atoms with Gasteiger partial charge in [0, 0.05) is 19.4 Å². The second-order valence-corrected chi connectivity index (χ2v) is 5.25. The van der Waals surface area contributed by atoms with Crippen molar-refractivity contribution in [1.82, 2.24) is 19.1 Å². The molecule has 3 aromatic heterocycles. The van der Waals surface area contributed by atoms with Crippen LogP contribution in [0.4, 0.5) is 0 Å². The third kappa shape index (κ3) is 1.95. The number of aromatic nitrogens is 4. The number of imidazole rings is 2. The van der Waals surface area contributed by atoms with Gasteiger partial charge in [-0.25, -0.2) is 9.97 Å². The fraction of sp³-hybridized carbons (Fsp3) is 0.167. The summed E-state index contributed by atoms with van der Waals surface area (Å²) < 4.78 is 3.95. The zero-order chi connectivity index (χ0) is 12.5. The van der Waals surface area contributed by atoms with Crippen LogP contribution in [0.1, 0.15) is 5.82 Å². The van der Waals surface area contributed by atoms with Crippen molar-refractivity contribution < 1.29 is 0 Å². The first-order valence-corrected chi connectivity index (χ1v) is 6.72. The molecule has 0 aliphatic rings. The van der Waals surface area contributed by atoms with Crippen LogP contribution in [0.3, 0.4) is 0 Å². The lowest BCUT2D eigenvalue weighted by Crippen LogP contribution is -2.06. The van der Waals surface area contributed by atoms with E-state index in [1.807, 2.05) is 29.3 Å². The maximum absolute atomic E-state index is 5.99. The molecule has 0 aromatic carbocycles. The summed E-state index contributed by atoms with van der Waals surface area (Å²) >= 11 is 7.66. The van der Waals surface area contributed by atoms with Crippen LogP contribution in [0, 0.1) is 0 Å². The van der Waals surface area contributed by atoms with Crippen molar-refractivity contribution in [3.8, 4) is 10.7 Å². The minimum absolute atomic E-state index is 0.641. The van der Waals surface area contributed by atoms with Crippen molar-refractivity contribution in [2.24, 2.45) is 7.05 Å². The molecule has 0 amide bonds. The van der Waals surface area contributed by atoms with Crippen LogP contribution in [-0.2, 0) is 13.6 Å². The van der Waals surface area contributed by atoms with E-state index in [1.54, 1.807) is 23.7 Å². The van der Waals surface area contributed by atoms with Crippen LogP contribution in [0.5, 0.6) is 0 Å². The maximum Gasteiger partial charge on any atom is 0.150 e. The van der Waals surface area contributed by atoms with E-state index >= 15 is 0 Å². The summed E-state index contributed by atoms with van der Waals surface area (Å²) in [6.45, 7) is 0.663. The van der Waals surface area contributed by atoms with Gasteiger partial charge >= 0.3 is 0 Å². The van der Waals surface area contributed by atoms with Crippen molar-refractivity contribution >= 4 is 22.9 Å². The Morgan fingerprint density at radius 3 is 2.94 bits per heavy atom. The third-order valence-corrected chi connectivity index (χ3v) is 4.01. The van der Waals surface area contributed by atoms with E-state index in [1.165, 1.54) is 0 Å². The van der Waals surface area contributed by atoms with Crippen LogP contribution in [-0.4, -0.2) is 19.1 Å². The minimum atomic E-state index is 0.641. The van der Waals surface area contributed by atoms with E-state index in [0.29, 0.717) is 11.7 Å². The van der Waals surface area contributed by atoms with Crippen molar-refractivity contribution in [3.05, 3.63) is 47.1 Å². The van der Waals surface area contributed by atoms with E-state index in [-0.39, 0.29) is 0 Å². The number of hydrogen-bond donors (Lipinski definition) is 0. The topological polar surface area (TPSA) is 35.6 Å². The third-order valence-electron chi connectivity index (χ3n) is 2.80. The van der Waals surface area contributed by atoms with Crippen LogP contribution >= 0.6 is 22.9 Å². The summed E-state index contributed by atoms with van der Waals surface area (Å²) in [5.74, 6) is 1.87. The summed E-state index contributed by atoms with van der Waals surface area (Å²) in [5, 5.41) is 2.69. The number of halogens is 1. The molecule has 0 bridgehead atoms. The molecule has 0 saturated heterocycles. The van der Waals surface area contributed by atoms with Gasteiger partial charge in [-0.05, 0) is 11.4 Å². The summed E-state index contributed by atoms with van der Waals surface area (Å²) in [5.41, 5.74) is 0. The number of hydrogen-bond acceptors (Lipinski definition) is 3. The van der Waals surface area contributed by atoms with Gasteiger partial charge in [-0.15, -0.1) is 11.3 Å². The van der Waals surface area contributed by atoms with Crippen LogP contribution in [0.25, 0.3) is 10.7 Å². The van der Waals surface area contributed by atoms with Gasteiger partial charge in [-0.1, -0.05) is 17.7 Å².